The molecule has 1 aliphatic heterocycles. The Morgan fingerprint density at radius 2 is 2.32 bits per heavy atom. The second kappa shape index (κ2) is 6.11. The maximum absolute atomic E-state index is 12.1. The van der Waals surface area contributed by atoms with E-state index in [9.17, 15) is 8.42 Å². The predicted octanol–water partition coefficient (Wildman–Crippen LogP) is 1.38. The van der Waals surface area contributed by atoms with Gasteiger partial charge >= 0.3 is 0 Å². The van der Waals surface area contributed by atoms with Crippen molar-refractivity contribution < 1.29 is 8.42 Å². The summed E-state index contributed by atoms with van der Waals surface area (Å²) in [6, 6.07) is 2.52. The topological polar surface area (TPSA) is 67.2 Å². The second-order valence-electron chi connectivity index (χ2n) is 5.51. The molecule has 22 heavy (non-hydrogen) atoms. The van der Waals surface area contributed by atoms with Crippen molar-refractivity contribution in [2.45, 2.75) is 24.3 Å². The van der Waals surface area contributed by atoms with Crippen LogP contribution >= 0.6 is 11.3 Å². The van der Waals surface area contributed by atoms with Crippen molar-refractivity contribution in [1.29, 1.82) is 0 Å². The summed E-state index contributed by atoms with van der Waals surface area (Å²) in [5.74, 6) is 0. The SMILES string of the molecule is C[C@H]1c2ccsc2CCN1CCNS(=O)(=O)c1cnn(C)c1. The molecule has 1 N–H and O–H groups in total. The lowest BCUT2D eigenvalue weighted by Crippen LogP contribution is -2.39. The Kier molecular flexibility index (Phi) is 4.35. The normalized spacial score (nSPS) is 19.3. The standard InChI is InChI=1S/C14H20N4O2S2/c1-11-13-4-8-21-14(13)3-6-18(11)7-5-16-22(19,20)12-9-15-17(2)10-12/h4,8-11,16H,3,5-7H2,1-2H3/t11-/m0/s1. The molecule has 0 saturated carbocycles. The molecule has 0 unspecified atom stereocenters. The van der Waals surface area contributed by atoms with Crippen LogP contribution in [0, 0.1) is 0 Å². The van der Waals surface area contributed by atoms with Gasteiger partial charge in [0, 0.05) is 43.8 Å². The Labute approximate surface area is 134 Å². The molecule has 0 saturated heterocycles. The zero-order valence-corrected chi connectivity index (χ0v) is 14.3. The van der Waals surface area contributed by atoms with Crippen LogP contribution in [-0.2, 0) is 23.5 Å². The van der Waals surface area contributed by atoms with Crippen LogP contribution in [0.2, 0.25) is 0 Å². The minimum Gasteiger partial charge on any atom is -0.295 e. The molecule has 6 nitrogen and oxygen atoms in total. The van der Waals surface area contributed by atoms with Gasteiger partial charge in [-0.25, -0.2) is 13.1 Å². The fraction of sp³-hybridized carbons (Fsp3) is 0.500. The number of thiophene rings is 1. The van der Waals surface area contributed by atoms with Gasteiger partial charge in [0.1, 0.15) is 4.90 Å². The lowest BCUT2D eigenvalue weighted by Gasteiger charge is -2.33. The highest BCUT2D eigenvalue weighted by atomic mass is 32.2. The van der Waals surface area contributed by atoms with Crippen molar-refractivity contribution in [3.05, 3.63) is 34.3 Å². The van der Waals surface area contributed by atoms with Crippen LogP contribution in [0.15, 0.2) is 28.7 Å². The number of nitrogens with zero attached hydrogens (tertiary/aromatic N) is 3. The molecule has 0 spiro atoms. The molecular weight excluding hydrogens is 320 g/mol. The number of fused-ring (bicyclic) bond motifs is 1. The average molecular weight is 340 g/mol. The Morgan fingerprint density at radius 3 is 3.05 bits per heavy atom. The maximum atomic E-state index is 12.1. The summed E-state index contributed by atoms with van der Waals surface area (Å²) in [5.41, 5.74) is 1.38. The number of aromatic nitrogens is 2. The largest absolute Gasteiger partial charge is 0.295 e. The van der Waals surface area contributed by atoms with Gasteiger partial charge in [-0.2, -0.15) is 5.10 Å². The molecule has 3 heterocycles. The highest BCUT2D eigenvalue weighted by Gasteiger charge is 2.24. The van der Waals surface area contributed by atoms with Gasteiger partial charge in [0.15, 0.2) is 0 Å². The number of nitrogens with one attached hydrogen (secondary N) is 1. The number of hydrogen-bond acceptors (Lipinski definition) is 5. The molecule has 0 bridgehead atoms. The molecule has 8 heteroatoms. The van der Waals surface area contributed by atoms with E-state index < -0.39 is 10.0 Å². The number of aryl methyl sites for hydroxylation is 1. The molecule has 0 aliphatic carbocycles. The summed E-state index contributed by atoms with van der Waals surface area (Å²) in [6.45, 7) is 4.26. The van der Waals surface area contributed by atoms with Gasteiger partial charge in [0.05, 0.1) is 6.20 Å². The summed E-state index contributed by atoms with van der Waals surface area (Å²) in [4.78, 5) is 3.99. The minimum atomic E-state index is -3.47. The highest BCUT2D eigenvalue weighted by molar-refractivity contribution is 7.89. The molecule has 120 valence electrons. The molecule has 3 rings (SSSR count). The van der Waals surface area contributed by atoms with Gasteiger partial charge in [-0.05, 0) is 30.4 Å². The first-order valence-electron chi connectivity index (χ1n) is 7.26. The van der Waals surface area contributed by atoms with Crippen LogP contribution in [0.5, 0.6) is 0 Å². The zero-order valence-electron chi connectivity index (χ0n) is 12.7. The van der Waals surface area contributed by atoms with Crippen LogP contribution in [0.4, 0.5) is 0 Å². The van der Waals surface area contributed by atoms with Crippen LogP contribution in [0.3, 0.4) is 0 Å². The van der Waals surface area contributed by atoms with E-state index in [1.807, 2.05) is 11.3 Å². The smallest absolute Gasteiger partial charge is 0.243 e. The first-order chi connectivity index (χ1) is 10.5. The molecule has 1 aliphatic rings. The molecule has 0 amide bonds. The Hall–Kier alpha value is -1.22. The summed E-state index contributed by atoms with van der Waals surface area (Å²) < 4.78 is 28.4. The number of hydrogen-bond donors (Lipinski definition) is 1. The molecular formula is C14H20N4O2S2. The Bertz CT molecular complexity index is 750. The molecule has 0 aromatic carbocycles. The first-order valence-corrected chi connectivity index (χ1v) is 9.62. The molecule has 2 aromatic heterocycles. The van der Waals surface area contributed by atoms with E-state index in [2.05, 4.69) is 33.1 Å². The Morgan fingerprint density at radius 1 is 1.50 bits per heavy atom. The fourth-order valence-electron chi connectivity index (χ4n) is 2.81. The zero-order chi connectivity index (χ0) is 15.7. The molecule has 0 radical (unpaired) electrons. The minimum absolute atomic E-state index is 0.210. The third-order valence-electron chi connectivity index (χ3n) is 4.09. The van der Waals surface area contributed by atoms with E-state index in [0.717, 1.165) is 13.0 Å². The fourth-order valence-corrected chi connectivity index (χ4v) is 4.78. The van der Waals surface area contributed by atoms with Crippen molar-refractivity contribution >= 4 is 21.4 Å². The molecule has 0 fully saturated rings. The van der Waals surface area contributed by atoms with Gasteiger partial charge < -0.3 is 0 Å². The first kappa shape index (κ1) is 15.7. The maximum Gasteiger partial charge on any atom is 0.243 e. The van der Waals surface area contributed by atoms with Crippen molar-refractivity contribution in [2.24, 2.45) is 7.05 Å². The Balaban J connectivity index is 1.58. The van der Waals surface area contributed by atoms with E-state index in [1.165, 1.54) is 27.5 Å². The highest BCUT2D eigenvalue weighted by Crippen LogP contribution is 2.32. The van der Waals surface area contributed by atoms with E-state index in [0.29, 0.717) is 19.1 Å². The van der Waals surface area contributed by atoms with Gasteiger partial charge in [-0.1, -0.05) is 0 Å². The quantitative estimate of drug-likeness (QED) is 0.893. The molecule has 1 atom stereocenters. The monoisotopic (exact) mass is 340 g/mol. The predicted molar refractivity (Wildman–Crippen MR) is 86.4 cm³/mol. The van der Waals surface area contributed by atoms with E-state index in [-0.39, 0.29) is 4.90 Å². The summed E-state index contributed by atoms with van der Waals surface area (Å²) >= 11 is 1.81. The van der Waals surface area contributed by atoms with Crippen LogP contribution in [0.1, 0.15) is 23.4 Å². The van der Waals surface area contributed by atoms with E-state index >= 15 is 0 Å². The lowest BCUT2D eigenvalue weighted by atomic mass is 10.0. The third-order valence-corrected chi connectivity index (χ3v) is 6.50. The van der Waals surface area contributed by atoms with Gasteiger partial charge in [0.2, 0.25) is 10.0 Å². The molecule has 2 aromatic rings. The van der Waals surface area contributed by atoms with Gasteiger partial charge in [0.25, 0.3) is 0 Å². The van der Waals surface area contributed by atoms with Crippen molar-refractivity contribution in [3.8, 4) is 0 Å². The van der Waals surface area contributed by atoms with Crippen LogP contribution < -0.4 is 4.72 Å². The van der Waals surface area contributed by atoms with Crippen molar-refractivity contribution in [2.75, 3.05) is 19.6 Å². The summed E-state index contributed by atoms with van der Waals surface area (Å²) in [5, 5.41) is 6.03. The van der Waals surface area contributed by atoms with E-state index in [4.69, 9.17) is 0 Å². The number of rotatable bonds is 5. The van der Waals surface area contributed by atoms with E-state index in [1.54, 1.807) is 7.05 Å². The van der Waals surface area contributed by atoms with Crippen molar-refractivity contribution in [3.63, 3.8) is 0 Å². The van der Waals surface area contributed by atoms with Gasteiger partial charge in [-0.3, -0.25) is 9.58 Å². The summed E-state index contributed by atoms with van der Waals surface area (Å²) in [7, 11) is -1.76. The van der Waals surface area contributed by atoms with Crippen molar-refractivity contribution in [1.82, 2.24) is 19.4 Å². The second-order valence-corrected chi connectivity index (χ2v) is 8.28. The lowest BCUT2D eigenvalue weighted by molar-refractivity contribution is 0.204. The number of sulfonamides is 1. The van der Waals surface area contributed by atoms with Crippen LogP contribution in [-0.4, -0.2) is 42.7 Å². The van der Waals surface area contributed by atoms with Gasteiger partial charge in [-0.15, -0.1) is 11.3 Å². The third kappa shape index (κ3) is 3.10. The average Bonchev–Trinajstić information content (AvgIpc) is 3.10. The van der Waals surface area contributed by atoms with Crippen LogP contribution in [0.25, 0.3) is 0 Å². The summed E-state index contributed by atoms with van der Waals surface area (Å²) in [6.07, 6.45) is 3.92.